The van der Waals surface area contributed by atoms with Crippen LogP contribution in [0.5, 0.6) is 0 Å². The molecule has 22 heavy (non-hydrogen) atoms. The number of thiazole rings is 1. The first-order valence-corrected chi connectivity index (χ1v) is 8.51. The summed E-state index contributed by atoms with van der Waals surface area (Å²) in [5.74, 6) is -0.320. The van der Waals surface area contributed by atoms with Gasteiger partial charge in [-0.2, -0.15) is 0 Å². The van der Waals surface area contributed by atoms with Crippen molar-refractivity contribution < 1.29 is 4.39 Å². The Labute approximate surface area is 140 Å². The minimum Gasteiger partial charge on any atom is -0.302 e. The van der Waals surface area contributed by atoms with Crippen LogP contribution in [0, 0.1) is 5.82 Å². The summed E-state index contributed by atoms with van der Waals surface area (Å²) < 4.78 is 13.2. The highest BCUT2D eigenvalue weighted by atomic mass is 35.5. The van der Waals surface area contributed by atoms with Crippen LogP contribution in [-0.4, -0.2) is 4.98 Å². The fourth-order valence-corrected chi connectivity index (χ4v) is 3.45. The number of rotatable bonds is 4. The topological polar surface area (TPSA) is 24.9 Å². The van der Waals surface area contributed by atoms with Crippen LogP contribution in [0.2, 0.25) is 5.02 Å². The van der Waals surface area contributed by atoms with Crippen molar-refractivity contribution in [1.82, 2.24) is 10.3 Å². The number of nitrogens with one attached hydrogen (secondary N) is 1. The molecule has 120 valence electrons. The number of hydrogen-bond acceptors (Lipinski definition) is 3. The highest BCUT2D eigenvalue weighted by Crippen LogP contribution is 2.29. The predicted molar refractivity (Wildman–Crippen MR) is 92.1 cm³/mol. The first kappa shape index (κ1) is 17.4. The van der Waals surface area contributed by atoms with Crippen molar-refractivity contribution in [2.75, 3.05) is 0 Å². The Hall–Kier alpha value is -0.970. The van der Waals surface area contributed by atoms with E-state index in [1.165, 1.54) is 12.1 Å². The molecule has 0 saturated heterocycles. The molecule has 0 atom stereocenters. The van der Waals surface area contributed by atoms with Crippen LogP contribution >= 0.6 is 22.9 Å². The molecule has 0 unspecified atom stereocenters. The quantitative estimate of drug-likeness (QED) is 0.821. The van der Waals surface area contributed by atoms with E-state index in [4.69, 9.17) is 11.6 Å². The molecule has 2 rings (SSSR count). The van der Waals surface area contributed by atoms with E-state index in [1.807, 2.05) is 13.8 Å². The zero-order chi connectivity index (χ0) is 16.5. The van der Waals surface area contributed by atoms with E-state index < -0.39 is 0 Å². The zero-order valence-electron chi connectivity index (χ0n) is 13.6. The summed E-state index contributed by atoms with van der Waals surface area (Å²) in [5.41, 5.74) is 1.60. The van der Waals surface area contributed by atoms with Gasteiger partial charge in [0.25, 0.3) is 0 Å². The maximum Gasteiger partial charge on any atom is 0.124 e. The van der Waals surface area contributed by atoms with Crippen LogP contribution in [-0.2, 0) is 17.5 Å². The Morgan fingerprint density at radius 1 is 1.23 bits per heavy atom. The van der Waals surface area contributed by atoms with E-state index in [9.17, 15) is 4.39 Å². The molecule has 0 radical (unpaired) electrons. The van der Waals surface area contributed by atoms with Gasteiger partial charge in [-0.15, -0.1) is 11.3 Å². The van der Waals surface area contributed by atoms with Gasteiger partial charge in [0.05, 0.1) is 10.7 Å². The summed E-state index contributed by atoms with van der Waals surface area (Å²) in [4.78, 5) is 4.68. The van der Waals surface area contributed by atoms with E-state index >= 15 is 0 Å². The summed E-state index contributed by atoms with van der Waals surface area (Å²) in [7, 11) is 0. The first-order chi connectivity index (χ1) is 10.1. The van der Waals surface area contributed by atoms with Gasteiger partial charge in [-0.1, -0.05) is 38.4 Å². The molecule has 0 amide bonds. The van der Waals surface area contributed by atoms with Gasteiger partial charge in [-0.25, -0.2) is 9.37 Å². The van der Waals surface area contributed by atoms with Crippen LogP contribution < -0.4 is 5.32 Å². The second-order valence-electron chi connectivity index (χ2n) is 7.00. The number of benzene rings is 1. The third-order valence-electron chi connectivity index (χ3n) is 3.51. The molecule has 0 saturated carbocycles. The van der Waals surface area contributed by atoms with Crippen molar-refractivity contribution in [2.24, 2.45) is 0 Å². The molecule has 2 aromatic rings. The summed E-state index contributed by atoms with van der Waals surface area (Å²) in [6, 6.07) is 4.51. The average molecular weight is 341 g/mol. The normalized spacial score (nSPS) is 12.7. The van der Waals surface area contributed by atoms with Crippen LogP contribution in [0.3, 0.4) is 0 Å². The largest absolute Gasteiger partial charge is 0.302 e. The minimum atomic E-state index is -0.365. The van der Waals surface area contributed by atoms with Crippen LogP contribution in [0.25, 0.3) is 0 Å². The molecule has 1 aromatic carbocycles. The average Bonchev–Trinajstić information content (AvgIpc) is 2.84. The number of nitrogens with zero attached hydrogens (tertiary/aromatic N) is 1. The van der Waals surface area contributed by atoms with E-state index in [-0.39, 0.29) is 16.8 Å². The van der Waals surface area contributed by atoms with Gasteiger partial charge in [0.15, 0.2) is 0 Å². The van der Waals surface area contributed by atoms with E-state index in [0.717, 1.165) is 16.3 Å². The van der Waals surface area contributed by atoms with Crippen molar-refractivity contribution in [1.29, 1.82) is 0 Å². The molecule has 0 aliphatic heterocycles. The van der Waals surface area contributed by atoms with Crippen molar-refractivity contribution in [2.45, 2.75) is 52.1 Å². The van der Waals surface area contributed by atoms with Gasteiger partial charge in [0.2, 0.25) is 0 Å². The molecular weight excluding hydrogens is 319 g/mol. The molecule has 1 heterocycles. The Kier molecular flexibility index (Phi) is 4.95. The van der Waals surface area contributed by atoms with E-state index in [2.05, 4.69) is 36.5 Å². The molecule has 5 heteroatoms. The summed E-state index contributed by atoms with van der Waals surface area (Å²) in [6.07, 6.45) is 0. The fraction of sp³-hybridized carbons (Fsp3) is 0.471. The van der Waals surface area contributed by atoms with Crippen molar-refractivity contribution in [3.63, 3.8) is 0 Å². The standard InChI is InChI=1S/C17H22ClFN2S/c1-16(2,3)15-21-12(10-22-15)9-20-17(4,5)13-7-6-11(19)8-14(13)18/h6-8,10,20H,9H2,1-5H3. The lowest BCUT2D eigenvalue weighted by molar-refractivity contribution is 0.398. The third kappa shape index (κ3) is 4.06. The van der Waals surface area contributed by atoms with Crippen LogP contribution in [0.1, 0.15) is 50.9 Å². The molecule has 1 N–H and O–H groups in total. The number of halogens is 2. The third-order valence-corrected chi connectivity index (χ3v) is 5.14. The molecule has 1 aromatic heterocycles. The smallest absolute Gasteiger partial charge is 0.124 e. The predicted octanol–water partition coefficient (Wildman–Crippen LogP) is 5.26. The van der Waals surface area contributed by atoms with Gasteiger partial charge >= 0.3 is 0 Å². The summed E-state index contributed by atoms with van der Waals surface area (Å²) in [5, 5.41) is 7.10. The van der Waals surface area contributed by atoms with Gasteiger partial charge in [0.1, 0.15) is 5.82 Å². The van der Waals surface area contributed by atoms with Gasteiger partial charge < -0.3 is 5.32 Å². The highest BCUT2D eigenvalue weighted by Gasteiger charge is 2.24. The monoisotopic (exact) mass is 340 g/mol. The lowest BCUT2D eigenvalue weighted by atomic mass is 9.94. The second kappa shape index (κ2) is 6.26. The number of aromatic nitrogens is 1. The molecule has 0 aliphatic rings. The lowest BCUT2D eigenvalue weighted by Crippen LogP contribution is -2.36. The number of hydrogen-bond donors (Lipinski definition) is 1. The lowest BCUT2D eigenvalue weighted by Gasteiger charge is -2.27. The van der Waals surface area contributed by atoms with Gasteiger partial charge in [0, 0.05) is 27.9 Å². The van der Waals surface area contributed by atoms with Crippen LogP contribution in [0.4, 0.5) is 4.39 Å². The molecular formula is C17H22ClFN2S. The Bertz CT molecular complexity index is 659. The zero-order valence-corrected chi connectivity index (χ0v) is 15.2. The minimum absolute atomic E-state index is 0.0682. The van der Waals surface area contributed by atoms with Crippen molar-refractivity contribution in [3.05, 3.63) is 50.7 Å². The Morgan fingerprint density at radius 3 is 2.45 bits per heavy atom. The SMILES string of the molecule is CC(C)(C)c1nc(CNC(C)(C)c2ccc(F)cc2Cl)cs1. The maximum absolute atomic E-state index is 13.2. The summed E-state index contributed by atoms with van der Waals surface area (Å²) >= 11 is 7.85. The van der Waals surface area contributed by atoms with Crippen molar-refractivity contribution >= 4 is 22.9 Å². The first-order valence-electron chi connectivity index (χ1n) is 7.25. The molecule has 0 fully saturated rings. The Morgan fingerprint density at radius 2 is 1.91 bits per heavy atom. The molecule has 0 bridgehead atoms. The highest BCUT2D eigenvalue weighted by molar-refractivity contribution is 7.09. The Balaban J connectivity index is 2.11. The second-order valence-corrected chi connectivity index (χ2v) is 8.26. The van der Waals surface area contributed by atoms with E-state index in [1.54, 1.807) is 17.4 Å². The van der Waals surface area contributed by atoms with Gasteiger partial charge in [-0.05, 0) is 31.5 Å². The van der Waals surface area contributed by atoms with E-state index in [0.29, 0.717) is 11.6 Å². The van der Waals surface area contributed by atoms with Crippen LogP contribution in [0.15, 0.2) is 23.6 Å². The molecule has 0 spiro atoms. The van der Waals surface area contributed by atoms with Crippen molar-refractivity contribution in [3.8, 4) is 0 Å². The molecule has 2 nitrogen and oxygen atoms in total. The fourth-order valence-electron chi connectivity index (χ4n) is 2.14. The summed E-state index contributed by atoms with van der Waals surface area (Å²) in [6.45, 7) is 11.2. The van der Waals surface area contributed by atoms with Gasteiger partial charge in [-0.3, -0.25) is 0 Å². The maximum atomic E-state index is 13.2. The molecule has 0 aliphatic carbocycles.